The molecular weight excluding hydrogens is 330 g/mol. The van der Waals surface area contributed by atoms with Crippen LogP contribution in [0, 0.1) is 6.92 Å². The molecule has 0 unspecified atom stereocenters. The molecule has 2 aliphatic rings. The number of hydrogen-bond donors (Lipinski definition) is 1. The molecule has 0 bridgehead atoms. The average molecular weight is 355 g/mol. The first-order valence-corrected chi connectivity index (χ1v) is 9.49. The van der Waals surface area contributed by atoms with Gasteiger partial charge in [-0.25, -0.2) is 0 Å². The molecular formula is C24H25N3. The van der Waals surface area contributed by atoms with Crippen molar-refractivity contribution in [2.24, 2.45) is 5.10 Å². The van der Waals surface area contributed by atoms with Gasteiger partial charge in [0.1, 0.15) is 5.82 Å². The molecule has 1 aliphatic carbocycles. The van der Waals surface area contributed by atoms with E-state index < -0.39 is 0 Å². The van der Waals surface area contributed by atoms with Gasteiger partial charge in [0, 0.05) is 11.0 Å². The first-order valence-electron chi connectivity index (χ1n) is 9.49. The van der Waals surface area contributed by atoms with Gasteiger partial charge in [-0.15, -0.1) is 0 Å². The summed E-state index contributed by atoms with van der Waals surface area (Å²) in [7, 11) is 0. The summed E-state index contributed by atoms with van der Waals surface area (Å²) in [6.07, 6.45) is 8.80. The van der Waals surface area contributed by atoms with Crippen molar-refractivity contribution >= 4 is 22.3 Å². The number of rotatable bonds is 3. The zero-order valence-electron chi connectivity index (χ0n) is 16.2. The van der Waals surface area contributed by atoms with Crippen molar-refractivity contribution in [3.8, 4) is 0 Å². The van der Waals surface area contributed by atoms with Crippen molar-refractivity contribution < 1.29 is 0 Å². The van der Waals surface area contributed by atoms with Gasteiger partial charge in [-0.3, -0.25) is 10.3 Å². The summed E-state index contributed by atoms with van der Waals surface area (Å²) in [6, 6.07) is 13.0. The fourth-order valence-electron chi connectivity index (χ4n) is 3.71. The van der Waals surface area contributed by atoms with Crippen LogP contribution in [0.1, 0.15) is 32.3 Å². The largest absolute Gasteiger partial charge is 0.277 e. The third-order valence-electron chi connectivity index (χ3n) is 5.23. The second-order valence-electron chi connectivity index (χ2n) is 7.14. The molecule has 27 heavy (non-hydrogen) atoms. The predicted octanol–water partition coefficient (Wildman–Crippen LogP) is 5.96. The molecule has 0 atom stereocenters. The average Bonchev–Trinajstić information content (AvgIpc) is 2.93. The fraction of sp³-hybridized carbons (Fsp3) is 0.208. The number of nitrogens with one attached hydrogen (secondary N) is 1. The Hall–Kier alpha value is -3.07. The normalized spacial score (nSPS) is 17.1. The van der Waals surface area contributed by atoms with E-state index in [1.54, 1.807) is 0 Å². The summed E-state index contributed by atoms with van der Waals surface area (Å²) < 4.78 is 0. The van der Waals surface area contributed by atoms with Crippen LogP contribution in [0.25, 0.3) is 10.8 Å². The van der Waals surface area contributed by atoms with Crippen molar-refractivity contribution in [3.63, 3.8) is 0 Å². The molecule has 1 aliphatic heterocycles. The maximum absolute atomic E-state index is 4.64. The third-order valence-corrected chi connectivity index (χ3v) is 5.23. The van der Waals surface area contributed by atoms with E-state index in [2.05, 4.69) is 97.4 Å². The van der Waals surface area contributed by atoms with E-state index in [4.69, 9.17) is 0 Å². The van der Waals surface area contributed by atoms with Gasteiger partial charge in [-0.2, -0.15) is 5.10 Å². The van der Waals surface area contributed by atoms with Gasteiger partial charge < -0.3 is 0 Å². The van der Waals surface area contributed by atoms with Crippen LogP contribution in [-0.2, 0) is 0 Å². The SMILES string of the molecule is C=C1NN=C(C2=CC(CC)=CCC=C2C)N1c1cccc2cc(C)ccc12. The minimum Gasteiger partial charge on any atom is -0.277 e. The number of allylic oxidation sites excluding steroid dienone is 4. The lowest BCUT2D eigenvalue weighted by molar-refractivity contribution is 0.927. The van der Waals surface area contributed by atoms with E-state index in [1.807, 2.05) is 0 Å². The third kappa shape index (κ3) is 3.10. The number of amidine groups is 1. The van der Waals surface area contributed by atoms with Gasteiger partial charge in [-0.05, 0) is 49.8 Å². The Kier molecular flexibility index (Phi) is 4.44. The number of nitrogens with zero attached hydrogens (tertiary/aromatic N) is 2. The Morgan fingerprint density at radius 3 is 2.81 bits per heavy atom. The summed E-state index contributed by atoms with van der Waals surface area (Å²) in [5, 5.41) is 7.06. The van der Waals surface area contributed by atoms with E-state index in [0.717, 1.165) is 35.8 Å². The monoisotopic (exact) mass is 355 g/mol. The summed E-state index contributed by atoms with van der Waals surface area (Å²) in [5.74, 6) is 1.68. The van der Waals surface area contributed by atoms with Crippen LogP contribution in [-0.4, -0.2) is 5.84 Å². The predicted molar refractivity (Wildman–Crippen MR) is 116 cm³/mol. The minimum atomic E-state index is 0.776. The molecule has 2 aromatic rings. The van der Waals surface area contributed by atoms with Gasteiger partial charge in [0.15, 0.2) is 5.84 Å². The molecule has 1 heterocycles. The molecule has 136 valence electrons. The Morgan fingerprint density at radius 1 is 1.15 bits per heavy atom. The molecule has 0 spiro atoms. The topological polar surface area (TPSA) is 27.6 Å². The molecule has 1 N–H and O–H groups in total. The lowest BCUT2D eigenvalue weighted by Gasteiger charge is -2.24. The van der Waals surface area contributed by atoms with Crippen molar-refractivity contribution in [1.82, 2.24) is 5.43 Å². The Bertz CT molecular complexity index is 1050. The van der Waals surface area contributed by atoms with E-state index in [-0.39, 0.29) is 0 Å². The van der Waals surface area contributed by atoms with Gasteiger partial charge in [-0.1, -0.05) is 67.1 Å². The van der Waals surface area contributed by atoms with Crippen LogP contribution >= 0.6 is 0 Å². The van der Waals surface area contributed by atoms with Crippen LogP contribution in [0.3, 0.4) is 0 Å². The first-order chi connectivity index (χ1) is 13.1. The van der Waals surface area contributed by atoms with E-state index in [0.29, 0.717) is 0 Å². The molecule has 2 aromatic carbocycles. The van der Waals surface area contributed by atoms with Gasteiger partial charge in [0.25, 0.3) is 0 Å². The molecule has 0 saturated carbocycles. The molecule has 4 rings (SSSR count). The molecule has 0 aromatic heterocycles. The lowest BCUT2D eigenvalue weighted by atomic mass is 10.0. The highest BCUT2D eigenvalue weighted by Crippen LogP contribution is 2.34. The highest BCUT2D eigenvalue weighted by atomic mass is 15.5. The minimum absolute atomic E-state index is 0.776. The standard InChI is InChI=1S/C24H25N3/c1-5-19-9-6-8-17(3)22(15-19)24-26-25-18(4)27(24)23-11-7-10-20-14-16(2)12-13-21(20)23/h7-15,25H,4-6H2,1-3H3. The van der Waals surface area contributed by atoms with E-state index in [9.17, 15) is 0 Å². The molecule has 0 fully saturated rings. The Labute approximate surface area is 161 Å². The van der Waals surface area contributed by atoms with Crippen LogP contribution in [0.5, 0.6) is 0 Å². The summed E-state index contributed by atoms with van der Waals surface area (Å²) in [5.41, 5.74) is 9.19. The van der Waals surface area contributed by atoms with Crippen LogP contribution in [0.2, 0.25) is 0 Å². The maximum atomic E-state index is 4.64. The maximum Gasteiger partial charge on any atom is 0.166 e. The second kappa shape index (κ2) is 6.92. The first kappa shape index (κ1) is 17.3. The number of hydrogen-bond acceptors (Lipinski definition) is 3. The highest BCUT2D eigenvalue weighted by Gasteiger charge is 2.28. The zero-order valence-corrected chi connectivity index (χ0v) is 16.2. The Morgan fingerprint density at radius 2 is 2.00 bits per heavy atom. The lowest BCUT2D eigenvalue weighted by Crippen LogP contribution is -2.28. The van der Waals surface area contributed by atoms with Gasteiger partial charge in [0.05, 0.1) is 5.69 Å². The number of benzene rings is 2. The number of fused-ring (bicyclic) bond motifs is 1. The Balaban J connectivity index is 1.86. The summed E-state index contributed by atoms with van der Waals surface area (Å²) in [4.78, 5) is 2.14. The van der Waals surface area contributed by atoms with Crippen molar-refractivity contribution in [2.45, 2.75) is 33.6 Å². The highest BCUT2D eigenvalue weighted by molar-refractivity contribution is 6.18. The summed E-state index contributed by atoms with van der Waals surface area (Å²) >= 11 is 0. The van der Waals surface area contributed by atoms with Crippen LogP contribution < -0.4 is 10.3 Å². The van der Waals surface area contributed by atoms with Crippen LogP contribution in [0.4, 0.5) is 5.69 Å². The molecule has 0 radical (unpaired) electrons. The number of aryl methyl sites for hydroxylation is 1. The molecule has 0 saturated heterocycles. The van der Waals surface area contributed by atoms with Crippen molar-refractivity contribution in [3.05, 3.63) is 89.3 Å². The van der Waals surface area contributed by atoms with Crippen molar-refractivity contribution in [2.75, 3.05) is 4.90 Å². The second-order valence-corrected chi connectivity index (χ2v) is 7.14. The number of anilines is 1. The van der Waals surface area contributed by atoms with Gasteiger partial charge >= 0.3 is 0 Å². The molecule has 3 nitrogen and oxygen atoms in total. The molecule has 0 amide bonds. The van der Waals surface area contributed by atoms with Crippen LogP contribution in [0.15, 0.2) is 88.8 Å². The quantitative estimate of drug-likeness (QED) is 0.736. The smallest absolute Gasteiger partial charge is 0.166 e. The summed E-state index contributed by atoms with van der Waals surface area (Å²) in [6.45, 7) is 10.7. The van der Waals surface area contributed by atoms with E-state index in [1.165, 1.54) is 27.5 Å². The fourth-order valence-corrected chi connectivity index (χ4v) is 3.71. The van der Waals surface area contributed by atoms with Gasteiger partial charge in [0.2, 0.25) is 0 Å². The van der Waals surface area contributed by atoms with E-state index >= 15 is 0 Å². The van der Waals surface area contributed by atoms with Crippen molar-refractivity contribution in [1.29, 1.82) is 0 Å². The number of hydrazone groups is 1. The molecule has 3 heteroatoms. The zero-order chi connectivity index (χ0) is 19.0.